The Morgan fingerprint density at radius 2 is 2.09 bits per heavy atom. The van der Waals surface area contributed by atoms with E-state index in [9.17, 15) is 9.90 Å². The highest BCUT2D eigenvalue weighted by Crippen LogP contribution is 2.37. The van der Waals surface area contributed by atoms with Crippen LogP contribution in [0.5, 0.6) is 5.75 Å². The van der Waals surface area contributed by atoms with Crippen LogP contribution in [-0.4, -0.2) is 5.11 Å². The Balaban J connectivity index is 2.15. The second-order valence-electron chi connectivity index (χ2n) is 5.89. The van der Waals surface area contributed by atoms with Gasteiger partial charge in [-0.2, -0.15) is 0 Å². The zero-order chi connectivity index (χ0) is 15.7. The van der Waals surface area contributed by atoms with Crippen molar-refractivity contribution in [3.63, 3.8) is 0 Å². The zero-order valence-corrected chi connectivity index (χ0v) is 12.8. The molecule has 22 heavy (non-hydrogen) atoms. The van der Waals surface area contributed by atoms with Crippen LogP contribution in [0, 0.1) is 0 Å². The number of aromatic hydroxyl groups is 1. The van der Waals surface area contributed by atoms with Gasteiger partial charge in [-0.1, -0.05) is 19.1 Å². The third-order valence-electron chi connectivity index (χ3n) is 4.46. The molecule has 0 saturated heterocycles. The predicted octanol–water partition coefficient (Wildman–Crippen LogP) is 3.35. The van der Waals surface area contributed by atoms with Gasteiger partial charge in [0.25, 0.3) is 0 Å². The van der Waals surface area contributed by atoms with Crippen LogP contribution in [0.25, 0.3) is 0 Å². The van der Waals surface area contributed by atoms with E-state index < -0.39 is 5.63 Å². The van der Waals surface area contributed by atoms with Crippen molar-refractivity contribution in [2.75, 3.05) is 5.73 Å². The van der Waals surface area contributed by atoms with Crippen molar-refractivity contribution in [1.29, 1.82) is 0 Å². The summed E-state index contributed by atoms with van der Waals surface area (Å²) < 4.78 is 5.50. The summed E-state index contributed by atoms with van der Waals surface area (Å²) in [6, 6.07) is 7.46. The first-order chi connectivity index (χ1) is 10.6. The molecule has 0 spiro atoms. The van der Waals surface area contributed by atoms with Gasteiger partial charge in [0.05, 0.1) is 5.56 Å². The van der Waals surface area contributed by atoms with E-state index in [2.05, 4.69) is 0 Å². The summed E-state index contributed by atoms with van der Waals surface area (Å²) in [5.41, 5.74) is 8.19. The molecule has 4 nitrogen and oxygen atoms in total. The maximum Gasteiger partial charge on any atom is 0.343 e. The molecule has 116 valence electrons. The number of nitrogen functional groups attached to an aromatic ring is 1. The van der Waals surface area contributed by atoms with Crippen molar-refractivity contribution in [3.8, 4) is 5.75 Å². The number of aryl methyl sites for hydroxylation is 1. The highest BCUT2D eigenvalue weighted by Gasteiger charge is 2.27. The molecule has 3 rings (SSSR count). The number of fused-ring (bicyclic) bond motifs is 1. The van der Waals surface area contributed by atoms with Crippen LogP contribution in [-0.2, 0) is 12.8 Å². The Morgan fingerprint density at radius 1 is 1.32 bits per heavy atom. The van der Waals surface area contributed by atoms with Gasteiger partial charge in [-0.05, 0) is 43.4 Å². The molecule has 0 fully saturated rings. The molecule has 2 aromatic rings. The van der Waals surface area contributed by atoms with Crippen molar-refractivity contribution in [2.24, 2.45) is 0 Å². The smallest absolute Gasteiger partial charge is 0.343 e. The van der Waals surface area contributed by atoms with Crippen LogP contribution in [0.3, 0.4) is 0 Å². The van der Waals surface area contributed by atoms with Gasteiger partial charge in [0.15, 0.2) is 0 Å². The first-order valence-electron chi connectivity index (χ1n) is 7.85. The second-order valence-corrected chi connectivity index (χ2v) is 5.89. The van der Waals surface area contributed by atoms with Crippen LogP contribution < -0.4 is 11.4 Å². The largest absolute Gasteiger partial charge is 0.507 e. The van der Waals surface area contributed by atoms with Gasteiger partial charge in [-0.15, -0.1) is 0 Å². The fourth-order valence-corrected chi connectivity index (χ4v) is 3.36. The lowest BCUT2D eigenvalue weighted by molar-refractivity contribution is 0.379. The predicted molar refractivity (Wildman–Crippen MR) is 86.3 cm³/mol. The van der Waals surface area contributed by atoms with E-state index in [1.807, 2.05) is 31.2 Å². The molecule has 1 aliphatic rings. The molecule has 3 N–H and O–H groups in total. The Kier molecular flexibility index (Phi) is 3.92. The van der Waals surface area contributed by atoms with Crippen molar-refractivity contribution in [3.05, 3.63) is 57.1 Å². The highest BCUT2D eigenvalue weighted by atomic mass is 16.4. The number of benzene rings is 1. The topological polar surface area (TPSA) is 76.5 Å². The van der Waals surface area contributed by atoms with E-state index in [0.717, 1.165) is 36.8 Å². The van der Waals surface area contributed by atoms with Gasteiger partial charge in [-0.25, -0.2) is 4.79 Å². The van der Waals surface area contributed by atoms with Crippen molar-refractivity contribution in [2.45, 2.75) is 44.9 Å². The number of anilines is 1. The van der Waals surface area contributed by atoms with Crippen LogP contribution in [0.2, 0.25) is 0 Å². The molecule has 1 aromatic heterocycles. The van der Waals surface area contributed by atoms with Gasteiger partial charge < -0.3 is 15.3 Å². The average molecular weight is 299 g/mol. The molecule has 0 amide bonds. The minimum Gasteiger partial charge on any atom is -0.507 e. The van der Waals surface area contributed by atoms with Crippen molar-refractivity contribution >= 4 is 5.69 Å². The van der Waals surface area contributed by atoms with Crippen molar-refractivity contribution in [1.82, 2.24) is 0 Å². The van der Waals surface area contributed by atoms with E-state index in [1.54, 1.807) is 0 Å². The molecule has 1 aliphatic carbocycles. The Bertz CT molecular complexity index is 748. The molecular formula is C18H21NO3. The summed E-state index contributed by atoms with van der Waals surface area (Å²) in [6.07, 6.45) is 4.21. The van der Waals surface area contributed by atoms with Crippen LogP contribution >= 0.6 is 0 Å². The van der Waals surface area contributed by atoms with Crippen LogP contribution in [0.4, 0.5) is 5.69 Å². The number of rotatable bonds is 3. The molecular weight excluding hydrogens is 278 g/mol. The standard InChI is InChI=1S/C18H21NO3/c1-2-13(11-6-5-7-12(19)10-11)16-17(20)14-8-3-4-9-15(14)22-18(16)21/h5-7,10,13,20H,2-4,8-9,19H2,1H3. The van der Waals surface area contributed by atoms with Crippen molar-refractivity contribution < 1.29 is 9.52 Å². The highest BCUT2D eigenvalue weighted by molar-refractivity contribution is 5.49. The number of hydrogen-bond acceptors (Lipinski definition) is 4. The summed E-state index contributed by atoms with van der Waals surface area (Å²) in [6.45, 7) is 1.99. The van der Waals surface area contributed by atoms with Gasteiger partial charge in [0.2, 0.25) is 0 Å². The third-order valence-corrected chi connectivity index (χ3v) is 4.46. The van der Waals surface area contributed by atoms with Crippen LogP contribution in [0.1, 0.15) is 54.6 Å². The minimum atomic E-state index is -0.424. The zero-order valence-electron chi connectivity index (χ0n) is 12.8. The molecule has 0 bridgehead atoms. The average Bonchev–Trinajstić information content (AvgIpc) is 2.51. The lowest BCUT2D eigenvalue weighted by Crippen LogP contribution is -2.18. The van der Waals surface area contributed by atoms with E-state index in [4.69, 9.17) is 10.2 Å². The number of nitrogens with two attached hydrogens (primary N) is 1. The lowest BCUT2D eigenvalue weighted by atomic mass is 9.86. The number of hydrogen-bond donors (Lipinski definition) is 2. The third kappa shape index (κ3) is 2.49. The molecule has 0 saturated carbocycles. The van der Waals surface area contributed by atoms with E-state index in [0.29, 0.717) is 23.4 Å². The van der Waals surface area contributed by atoms with Gasteiger partial charge >= 0.3 is 5.63 Å². The maximum atomic E-state index is 12.4. The van der Waals surface area contributed by atoms with Gasteiger partial charge in [0, 0.05) is 23.6 Å². The summed E-state index contributed by atoms with van der Waals surface area (Å²) in [5.74, 6) is 0.576. The minimum absolute atomic E-state index is 0.125. The SMILES string of the molecule is CCC(c1cccc(N)c1)c1c(O)c2c(oc1=O)CCCC2. The van der Waals surface area contributed by atoms with E-state index in [1.165, 1.54) is 0 Å². The maximum absolute atomic E-state index is 12.4. The summed E-state index contributed by atoms with van der Waals surface area (Å²) in [7, 11) is 0. The fourth-order valence-electron chi connectivity index (χ4n) is 3.36. The first kappa shape index (κ1) is 14.7. The normalized spacial score (nSPS) is 15.3. The van der Waals surface area contributed by atoms with E-state index in [-0.39, 0.29) is 11.7 Å². The molecule has 1 atom stereocenters. The Morgan fingerprint density at radius 3 is 2.82 bits per heavy atom. The van der Waals surface area contributed by atoms with E-state index >= 15 is 0 Å². The second kappa shape index (κ2) is 5.87. The van der Waals surface area contributed by atoms with Crippen LogP contribution in [0.15, 0.2) is 33.5 Å². The fraction of sp³-hybridized carbons (Fsp3) is 0.389. The molecule has 1 unspecified atom stereocenters. The monoisotopic (exact) mass is 299 g/mol. The quantitative estimate of drug-likeness (QED) is 0.852. The summed E-state index contributed by atoms with van der Waals surface area (Å²) >= 11 is 0. The Labute approximate surface area is 129 Å². The Hall–Kier alpha value is -2.23. The van der Waals surface area contributed by atoms with Gasteiger partial charge in [0.1, 0.15) is 11.5 Å². The summed E-state index contributed by atoms with van der Waals surface area (Å²) in [5, 5.41) is 10.7. The first-order valence-corrected chi connectivity index (χ1v) is 7.85. The molecule has 0 radical (unpaired) electrons. The lowest BCUT2D eigenvalue weighted by Gasteiger charge is -2.21. The molecule has 1 aromatic carbocycles. The molecule has 0 aliphatic heterocycles. The van der Waals surface area contributed by atoms with Gasteiger partial charge in [-0.3, -0.25) is 0 Å². The molecule has 1 heterocycles. The molecule has 4 heteroatoms. The summed E-state index contributed by atoms with van der Waals surface area (Å²) in [4.78, 5) is 12.4.